The molecule has 1 aromatic rings. The van der Waals surface area contributed by atoms with E-state index in [1.54, 1.807) is 6.07 Å². The number of carbonyl (C=O) groups excluding carboxylic acids is 1. The van der Waals surface area contributed by atoms with Crippen LogP contribution >= 0.6 is 12.4 Å². The van der Waals surface area contributed by atoms with Crippen molar-refractivity contribution in [3.8, 4) is 5.75 Å². The lowest BCUT2D eigenvalue weighted by Crippen LogP contribution is -2.16. The summed E-state index contributed by atoms with van der Waals surface area (Å²) in [5.41, 5.74) is 5.60. The molecule has 6 heteroatoms. The van der Waals surface area contributed by atoms with Crippen LogP contribution in [0.5, 0.6) is 5.75 Å². The van der Waals surface area contributed by atoms with E-state index in [2.05, 4.69) is 5.32 Å². The predicted octanol–water partition coefficient (Wildman–Crippen LogP) is 1.54. The van der Waals surface area contributed by atoms with Gasteiger partial charge in [0.05, 0.1) is 7.11 Å². The Balaban J connectivity index is 0.00000225. The van der Waals surface area contributed by atoms with Gasteiger partial charge in [-0.1, -0.05) is 0 Å². The van der Waals surface area contributed by atoms with Crippen LogP contribution in [0.1, 0.15) is 6.42 Å². The first-order chi connectivity index (χ1) is 7.17. The number of hydrogen-bond donors (Lipinski definition) is 2. The van der Waals surface area contributed by atoms with Crippen molar-refractivity contribution in [1.82, 2.24) is 0 Å². The van der Waals surface area contributed by atoms with Gasteiger partial charge in [0.1, 0.15) is 0 Å². The van der Waals surface area contributed by atoms with Gasteiger partial charge in [0.2, 0.25) is 5.91 Å². The van der Waals surface area contributed by atoms with Gasteiger partial charge in [0.25, 0.3) is 0 Å². The Morgan fingerprint density at radius 2 is 2.25 bits per heavy atom. The van der Waals surface area contributed by atoms with Crippen molar-refractivity contribution in [1.29, 1.82) is 0 Å². The highest BCUT2D eigenvalue weighted by molar-refractivity contribution is 5.90. The number of nitrogens with two attached hydrogens (primary N) is 1. The number of ether oxygens (including phenoxy) is 1. The minimum Gasteiger partial charge on any atom is -0.494 e. The van der Waals surface area contributed by atoms with Crippen LogP contribution in [0, 0.1) is 5.82 Å². The third-order valence-electron chi connectivity index (χ3n) is 1.81. The summed E-state index contributed by atoms with van der Waals surface area (Å²) in [6, 6.07) is 4.22. The number of benzene rings is 1. The van der Waals surface area contributed by atoms with E-state index in [1.165, 1.54) is 19.2 Å². The molecule has 16 heavy (non-hydrogen) atoms. The lowest BCUT2D eigenvalue weighted by atomic mass is 10.2. The summed E-state index contributed by atoms with van der Waals surface area (Å²) >= 11 is 0. The van der Waals surface area contributed by atoms with Gasteiger partial charge in [-0.15, -0.1) is 12.4 Å². The molecule has 0 spiro atoms. The van der Waals surface area contributed by atoms with Crippen molar-refractivity contribution in [2.45, 2.75) is 6.42 Å². The zero-order valence-electron chi connectivity index (χ0n) is 8.83. The molecule has 4 nitrogen and oxygen atoms in total. The highest BCUT2D eigenvalue weighted by atomic mass is 35.5. The largest absolute Gasteiger partial charge is 0.494 e. The molecular formula is C10H14ClFN2O2. The van der Waals surface area contributed by atoms with Crippen molar-refractivity contribution >= 4 is 24.0 Å². The monoisotopic (exact) mass is 248 g/mol. The molecule has 1 rings (SSSR count). The van der Waals surface area contributed by atoms with Crippen LogP contribution in [-0.2, 0) is 4.79 Å². The van der Waals surface area contributed by atoms with E-state index < -0.39 is 5.82 Å². The minimum atomic E-state index is -0.511. The van der Waals surface area contributed by atoms with Crippen LogP contribution in [0.3, 0.4) is 0 Å². The molecule has 0 fully saturated rings. The average molecular weight is 249 g/mol. The molecule has 0 aromatic heterocycles. The molecule has 0 heterocycles. The second-order valence-electron chi connectivity index (χ2n) is 2.94. The van der Waals surface area contributed by atoms with E-state index in [4.69, 9.17) is 10.5 Å². The molecule has 0 radical (unpaired) electrons. The smallest absolute Gasteiger partial charge is 0.225 e. The van der Waals surface area contributed by atoms with E-state index in [1.807, 2.05) is 0 Å². The van der Waals surface area contributed by atoms with Gasteiger partial charge in [-0.05, 0) is 12.1 Å². The fraction of sp³-hybridized carbons (Fsp3) is 0.300. The summed E-state index contributed by atoms with van der Waals surface area (Å²) < 4.78 is 17.9. The Hall–Kier alpha value is -1.33. The quantitative estimate of drug-likeness (QED) is 0.850. The maximum Gasteiger partial charge on any atom is 0.225 e. The molecule has 1 aromatic carbocycles. The van der Waals surface area contributed by atoms with Crippen LogP contribution in [0.15, 0.2) is 18.2 Å². The highest BCUT2D eigenvalue weighted by Crippen LogP contribution is 2.20. The maximum atomic E-state index is 13.2. The number of nitrogens with one attached hydrogen (secondary N) is 1. The van der Waals surface area contributed by atoms with Crippen LogP contribution in [0.2, 0.25) is 0 Å². The van der Waals surface area contributed by atoms with E-state index in [9.17, 15) is 9.18 Å². The lowest BCUT2D eigenvalue weighted by molar-refractivity contribution is -0.116. The molecule has 3 N–H and O–H groups in total. The fourth-order valence-corrected chi connectivity index (χ4v) is 1.10. The van der Waals surface area contributed by atoms with Crippen LogP contribution in [-0.4, -0.2) is 19.6 Å². The first-order valence-electron chi connectivity index (χ1n) is 4.51. The number of carbonyl (C=O) groups is 1. The van der Waals surface area contributed by atoms with Crippen molar-refractivity contribution in [2.24, 2.45) is 5.73 Å². The average Bonchev–Trinajstić information content (AvgIpc) is 2.18. The first kappa shape index (κ1) is 14.7. The van der Waals surface area contributed by atoms with Crippen molar-refractivity contribution in [3.05, 3.63) is 24.0 Å². The van der Waals surface area contributed by atoms with Gasteiger partial charge >= 0.3 is 0 Å². The van der Waals surface area contributed by atoms with E-state index in [0.29, 0.717) is 5.69 Å². The SMILES string of the molecule is COc1ccc(NC(=O)CCN)cc1F.Cl. The van der Waals surface area contributed by atoms with Gasteiger partial charge in [-0.3, -0.25) is 4.79 Å². The lowest BCUT2D eigenvalue weighted by Gasteiger charge is -2.06. The third kappa shape index (κ3) is 4.04. The summed E-state index contributed by atoms with van der Waals surface area (Å²) in [6.45, 7) is 0.268. The highest BCUT2D eigenvalue weighted by Gasteiger charge is 2.05. The van der Waals surface area contributed by atoms with Gasteiger partial charge in [-0.25, -0.2) is 4.39 Å². The zero-order chi connectivity index (χ0) is 11.3. The number of amides is 1. The van der Waals surface area contributed by atoms with E-state index >= 15 is 0 Å². The molecule has 0 aliphatic heterocycles. The Morgan fingerprint density at radius 3 is 2.75 bits per heavy atom. The summed E-state index contributed by atoms with van der Waals surface area (Å²) in [5.74, 6) is -0.600. The third-order valence-corrected chi connectivity index (χ3v) is 1.81. The molecule has 0 aliphatic carbocycles. The molecular weight excluding hydrogens is 235 g/mol. The number of anilines is 1. The molecule has 0 unspecified atom stereocenters. The topological polar surface area (TPSA) is 64.3 Å². The number of halogens is 2. The number of methoxy groups -OCH3 is 1. The van der Waals surface area contributed by atoms with Crippen molar-refractivity contribution in [2.75, 3.05) is 19.0 Å². The van der Waals surface area contributed by atoms with E-state index in [-0.39, 0.29) is 37.0 Å². The van der Waals surface area contributed by atoms with Gasteiger partial charge in [-0.2, -0.15) is 0 Å². The van der Waals surface area contributed by atoms with Gasteiger partial charge < -0.3 is 15.8 Å². The Bertz CT molecular complexity index is 361. The molecule has 0 saturated heterocycles. The molecule has 0 bridgehead atoms. The Morgan fingerprint density at radius 1 is 1.56 bits per heavy atom. The second-order valence-corrected chi connectivity index (χ2v) is 2.94. The van der Waals surface area contributed by atoms with Crippen molar-refractivity contribution < 1.29 is 13.9 Å². The summed E-state index contributed by atoms with van der Waals surface area (Å²) in [4.78, 5) is 11.1. The summed E-state index contributed by atoms with van der Waals surface area (Å²) in [6.07, 6.45) is 0.216. The normalized spacial score (nSPS) is 9.19. The van der Waals surface area contributed by atoms with Crippen LogP contribution in [0.25, 0.3) is 0 Å². The standard InChI is InChI=1S/C10H13FN2O2.ClH/c1-15-9-3-2-7(6-8(9)11)13-10(14)4-5-12;/h2-3,6H,4-5,12H2,1H3,(H,13,14);1H. The molecule has 1 amide bonds. The van der Waals surface area contributed by atoms with E-state index in [0.717, 1.165) is 0 Å². The fourth-order valence-electron chi connectivity index (χ4n) is 1.10. The Labute approximate surface area is 99.4 Å². The number of rotatable bonds is 4. The molecule has 0 saturated carbocycles. The van der Waals surface area contributed by atoms with Crippen LogP contribution in [0.4, 0.5) is 10.1 Å². The summed E-state index contributed by atoms with van der Waals surface area (Å²) in [7, 11) is 1.38. The first-order valence-corrected chi connectivity index (χ1v) is 4.51. The zero-order valence-corrected chi connectivity index (χ0v) is 9.64. The minimum absolute atomic E-state index is 0. The number of hydrogen-bond acceptors (Lipinski definition) is 3. The Kier molecular flexibility index (Phi) is 6.44. The van der Waals surface area contributed by atoms with Crippen LogP contribution < -0.4 is 15.8 Å². The second kappa shape index (κ2) is 7.03. The maximum absolute atomic E-state index is 13.2. The van der Waals surface area contributed by atoms with Crippen molar-refractivity contribution in [3.63, 3.8) is 0 Å². The van der Waals surface area contributed by atoms with Gasteiger partial charge in [0.15, 0.2) is 11.6 Å². The predicted molar refractivity (Wildman–Crippen MR) is 62.5 cm³/mol. The molecule has 0 aliphatic rings. The summed E-state index contributed by atoms with van der Waals surface area (Å²) in [5, 5.41) is 2.52. The molecule has 0 atom stereocenters. The van der Waals surface area contributed by atoms with Gasteiger partial charge in [0, 0.05) is 24.7 Å². The molecule has 90 valence electrons.